The van der Waals surface area contributed by atoms with Crippen LogP contribution in [0.2, 0.25) is 0 Å². The van der Waals surface area contributed by atoms with Crippen molar-refractivity contribution >= 4 is 17.0 Å². The predicted molar refractivity (Wildman–Crippen MR) is 97.2 cm³/mol. The van der Waals surface area contributed by atoms with Crippen LogP contribution in [0.15, 0.2) is 48.5 Å². The highest BCUT2D eigenvalue weighted by atomic mass is 16.6. The van der Waals surface area contributed by atoms with Gasteiger partial charge in [-0.1, -0.05) is 12.1 Å². The number of para-hydroxylation sites is 2. The van der Waals surface area contributed by atoms with Gasteiger partial charge in [-0.3, -0.25) is 0 Å². The zero-order valence-corrected chi connectivity index (χ0v) is 14.9. The van der Waals surface area contributed by atoms with Gasteiger partial charge in [0.1, 0.15) is 18.1 Å². The van der Waals surface area contributed by atoms with Crippen LogP contribution in [0.25, 0.3) is 11.0 Å². The van der Waals surface area contributed by atoms with Crippen LogP contribution in [-0.4, -0.2) is 29.2 Å². The van der Waals surface area contributed by atoms with Crippen LogP contribution in [0.4, 0.5) is 0 Å². The van der Waals surface area contributed by atoms with E-state index in [2.05, 4.69) is 14.7 Å². The Labute approximate surface area is 151 Å². The second-order valence-corrected chi connectivity index (χ2v) is 5.79. The fraction of sp³-hybridized carbons (Fsp3) is 0.250. The number of fused-ring (bicyclic) bond motifs is 1. The van der Waals surface area contributed by atoms with E-state index >= 15 is 0 Å². The van der Waals surface area contributed by atoms with Crippen LogP contribution in [0.1, 0.15) is 18.3 Å². The molecule has 0 amide bonds. The van der Waals surface area contributed by atoms with Crippen molar-refractivity contribution in [3.8, 4) is 11.5 Å². The molecule has 0 aliphatic carbocycles. The Morgan fingerprint density at radius 3 is 2.27 bits per heavy atom. The summed E-state index contributed by atoms with van der Waals surface area (Å²) in [5.74, 6) is 0.824. The summed E-state index contributed by atoms with van der Waals surface area (Å²) >= 11 is 0. The Morgan fingerprint density at radius 2 is 1.62 bits per heavy atom. The SMILES string of the molecule is COC(=O)C(C)Oc1ccc(OCc2nc3ccccc3nc2C)cc1. The van der Waals surface area contributed by atoms with Crippen LogP contribution in [0, 0.1) is 6.92 Å². The molecule has 3 rings (SSSR count). The highest BCUT2D eigenvalue weighted by Crippen LogP contribution is 2.20. The summed E-state index contributed by atoms with van der Waals surface area (Å²) in [5.41, 5.74) is 3.35. The minimum atomic E-state index is -0.665. The number of nitrogens with zero attached hydrogens (tertiary/aromatic N) is 2. The van der Waals surface area contributed by atoms with E-state index in [9.17, 15) is 4.79 Å². The van der Waals surface area contributed by atoms with Crippen LogP contribution >= 0.6 is 0 Å². The number of hydrogen-bond donors (Lipinski definition) is 0. The standard InChI is InChI=1S/C20H20N2O4/c1-13-19(22-18-7-5-4-6-17(18)21-13)12-25-15-8-10-16(11-9-15)26-14(2)20(23)24-3/h4-11,14H,12H2,1-3H3. The molecule has 2 aromatic carbocycles. The molecule has 0 aliphatic rings. The fourth-order valence-electron chi connectivity index (χ4n) is 2.45. The molecule has 0 saturated heterocycles. The first kappa shape index (κ1) is 17.7. The van der Waals surface area contributed by atoms with Gasteiger partial charge in [0.25, 0.3) is 0 Å². The van der Waals surface area contributed by atoms with Gasteiger partial charge in [-0.15, -0.1) is 0 Å². The number of carbonyl (C=O) groups excluding carboxylic acids is 1. The van der Waals surface area contributed by atoms with Gasteiger partial charge in [0.05, 0.1) is 29.5 Å². The van der Waals surface area contributed by atoms with E-state index in [0.29, 0.717) is 18.1 Å². The average molecular weight is 352 g/mol. The molecule has 0 spiro atoms. The van der Waals surface area contributed by atoms with E-state index in [0.717, 1.165) is 22.4 Å². The van der Waals surface area contributed by atoms with E-state index in [1.54, 1.807) is 31.2 Å². The first-order valence-electron chi connectivity index (χ1n) is 8.26. The quantitative estimate of drug-likeness (QED) is 0.633. The first-order valence-corrected chi connectivity index (χ1v) is 8.26. The fourth-order valence-corrected chi connectivity index (χ4v) is 2.45. The van der Waals surface area contributed by atoms with E-state index in [4.69, 9.17) is 9.47 Å². The summed E-state index contributed by atoms with van der Waals surface area (Å²) in [5, 5.41) is 0. The molecular weight excluding hydrogens is 332 g/mol. The second kappa shape index (κ2) is 7.82. The van der Waals surface area contributed by atoms with Gasteiger partial charge in [-0.25, -0.2) is 14.8 Å². The summed E-state index contributed by atoms with van der Waals surface area (Å²) in [4.78, 5) is 20.5. The van der Waals surface area contributed by atoms with Gasteiger partial charge in [0, 0.05) is 0 Å². The number of esters is 1. The zero-order valence-electron chi connectivity index (χ0n) is 14.9. The van der Waals surface area contributed by atoms with Crippen molar-refractivity contribution < 1.29 is 19.0 Å². The number of aromatic nitrogens is 2. The molecule has 1 atom stereocenters. The summed E-state index contributed by atoms with van der Waals surface area (Å²) in [7, 11) is 1.33. The molecule has 0 fully saturated rings. The monoisotopic (exact) mass is 352 g/mol. The highest BCUT2D eigenvalue weighted by Gasteiger charge is 2.14. The maximum Gasteiger partial charge on any atom is 0.346 e. The Kier molecular flexibility index (Phi) is 5.31. The number of hydrogen-bond acceptors (Lipinski definition) is 6. The van der Waals surface area contributed by atoms with E-state index in [1.165, 1.54) is 7.11 Å². The lowest BCUT2D eigenvalue weighted by atomic mass is 10.2. The van der Waals surface area contributed by atoms with Gasteiger partial charge in [-0.2, -0.15) is 0 Å². The topological polar surface area (TPSA) is 70.5 Å². The van der Waals surface area contributed by atoms with Gasteiger partial charge < -0.3 is 14.2 Å². The maximum absolute atomic E-state index is 11.4. The first-order chi connectivity index (χ1) is 12.6. The Morgan fingerprint density at radius 1 is 1.00 bits per heavy atom. The number of aryl methyl sites for hydroxylation is 1. The molecule has 0 radical (unpaired) electrons. The molecule has 0 bridgehead atoms. The largest absolute Gasteiger partial charge is 0.487 e. The van der Waals surface area contributed by atoms with E-state index in [-0.39, 0.29) is 0 Å². The minimum Gasteiger partial charge on any atom is -0.487 e. The number of carbonyl (C=O) groups is 1. The van der Waals surface area contributed by atoms with Crippen molar-refractivity contribution in [3.63, 3.8) is 0 Å². The predicted octanol–water partition coefficient (Wildman–Crippen LogP) is 3.46. The molecule has 26 heavy (non-hydrogen) atoms. The van der Waals surface area contributed by atoms with Crippen molar-refractivity contribution in [2.45, 2.75) is 26.6 Å². The summed E-state index contributed by atoms with van der Waals surface area (Å²) < 4.78 is 15.9. The lowest BCUT2D eigenvalue weighted by Crippen LogP contribution is -2.24. The molecule has 134 valence electrons. The summed E-state index contributed by atoms with van der Waals surface area (Å²) in [6.45, 7) is 3.88. The minimum absolute atomic E-state index is 0.322. The maximum atomic E-state index is 11.4. The van der Waals surface area contributed by atoms with Crippen LogP contribution in [0.5, 0.6) is 11.5 Å². The molecular formula is C20H20N2O4. The third-order valence-corrected chi connectivity index (χ3v) is 3.89. The summed E-state index contributed by atoms with van der Waals surface area (Å²) in [6.07, 6.45) is -0.665. The van der Waals surface area contributed by atoms with Gasteiger partial charge in [-0.05, 0) is 50.2 Å². The highest BCUT2D eigenvalue weighted by molar-refractivity contribution is 5.74. The third kappa shape index (κ3) is 4.08. The summed E-state index contributed by atoms with van der Waals surface area (Å²) in [6, 6.07) is 14.8. The lowest BCUT2D eigenvalue weighted by Gasteiger charge is -2.13. The van der Waals surface area contributed by atoms with Gasteiger partial charge >= 0.3 is 5.97 Å². The molecule has 6 heteroatoms. The average Bonchev–Trinajstić information content (AvgIpc) is 2.66. The van der Waals surface area contributed by atoms with Crippen LogP contribution in [0.3, 0.4) is 0 Å². The third-order valence-electron chi connectivity index (χ3n) is 3.89. The molecule has 0 N–H and O–H groups in total. The number of ether oxygens (including phenoxy) is 3. The van der Waals surface area contributed by atoms with Crippen molar-refractivity contribution in [3.05, 3.63) is 59.9 Å². The van der Waals surface area contributed by atoms with Crippen molar-refractivity contribution in [2.75, 3.05) is 7.11 Å². The van der Waals surface area contributed by atoms with Gasteiger partial charge in [0.2, 0.25) is 0 Å². The Bertz CT molecular complexity index is 909. The lowest BCUT2D eigenvalue weighted by molar-refractivity contribution is -0.147. The smallest absolute Gasteiger partial charge is 0.346 e. The molecule has 1 heterocycles. The number of rotatable bonds is 6. The van der Waals surface area contributed by atoms with Crippen LogP contribution in [-0.2, 0) is 16.1 Å². The Hall–Kier alpha value is -3.15. The van der Waals surface area contributed by atoms with Crippen molar-refractivity contribution in [1.82, 2.24) is 9.97 Å². The zero-order chi connectivity index (χ0) is 18.5. The van der Waals surface area contributed by atoms with Gasteiger partial charge in [0.15, 0.2) is 6.10 Å². The molecule has 1 unspecified atom stereocenters. The Balaban J connectivity index is 1.65. The van der Waals surface area contributed by atoms with Crippen molar-refractivity contribution in [1.29, 1.82) is 0 Å². The molecule has 0 saturated carbocycles. The normalized spacial score (nSPS) is 11.8. The van der Waals surface area contributed by atoms with Crippen molar-refractivity contribution in [2.24, 2.45) is 0 Å². The molecule has 1 aromatic heterocycles. The number of benzene rings is 2. The molecule has 0 aliphatic heterocycles. The van der Waals surface area contributed by atoms with E-state index in [1.807, 2.05) is 31.2 Å². The van der Waals surface area contributed by atoms with Crippen LogP contribution < -0.4 is 9.47 Å². The molecule has 6 nitrogen and oxygen atoms in total. The molecule has 3 aromatic rings. The van der Waals surface area contributed by atoms with E-state index < -0.39 is 12.1 Å². The second-order valence-electron chi connectivity index (χ2n) is 5.79. The number of methoxy groups -OCH3 is 1.